The van der Waals surface area contributed by atoms with Crippen LogP contribution < -0.4 is 5.32 Å². The van der Waals surface area contributed by atoms with Gasteiger partial charge in [0.1, 0.15) is 0 Å². The third-order valence-electron chi connectivity index (χ3n) is 2.93. The zero-order valence-corrected chi connectivity index (χ0v) is 8.20. The molecule has 1 aliphatic heterocycles. The van der Waals surface area contributed by atoms with Crippen molar-refractivity contribution in [1.82, 2.24) is 15.1 Å². The average molecular weight is 187 g/mol. The smallest absolute Gasteiger partial charge is 0.0775 e. The Morgan fingerprint density at radius 1 is 1.43 bits per heavy atom. The van der Waals surface area contributed by atoms with E-state index in [0.29, 0.717) is 6.04 Å². The molecule has 3 nitrogen and oxygen atoms in total. The molecular weight excluding hydrogens is 174 g/mol. The molecule has 1 saturated heterocycles. The van der Waals surface area contributed by atoms with Gasteiger partial charge in [0, 0.05) is 18.5 Å². The van der Waals surface area contributed by atoms with E-state index in [1.54, 1.807) is 0 Å². The van der Waals surface area contributed by atoms with Crippen LogP contribution in [0.15, 0.2) is 24.4 Å². The molecular formula is C11H13N3. The SMILES string of the molecule is Cc1cccc2cnn(C3CNC3)c12. The van der Waals surface area contributed by atoms with Crippen LogP contribution in [0.5, 0.6) is 0 Å². The van der Waals surface area contributed by atoms with E-state index in [2.05, 4.69) is 40.2 Å². The van der Waals surface area contributed by atoms with E-state index in [0.717, 1.165) is 13.1 Å². The van der Waals surface area contributed by atoms with Gasteiger partial charge >= 0.3 is 0 Å². The fourth-order valence-corrected chi connectivity index (χ4v) is 2.00. The van der Waals surface area contributed by atoms with E-state index in [-0.39, 0.29) is 0 Å². The number of nitrogens with zero attached hydrogens (tertiary/aromatic N) is 2. The van der Waals surface area contributed by atoms with Crippen LogP contribution >= 0.6 is 0 Å². The molecule has 14 heavy (non-hydrogen) atoms. The maximum atomic E-state index is 4.45. The maximum absolute atomic E-state index is 4.45. The van der Waals surface area contributed by atoms with E-state index in [9.17, 15) is 0 Å². The van der Waals surface area contributed by atoms with Crippen LogP contribution in [0.4, 0.5) is 0 Å². The van der Waals surface area contributed by atoms with Gasteiger partial charge in [-0.25, -0.2) is 0 Å². The van der Waals surface area contributed by atoms with Crippen LogP contribution in [0.25, 0.3) is 10.9 Å². The Morgan fingerprint density at radius 2 is 2.29 bits per heavy atom. The fraction of sp³-hybridized carbons (Fsp3) is 0.364. The molecule has 72 valence electrons. The number of aryl methyl sites for hydroxylation is 1. The predicted octanol–water partition coefficient (Wildman–Crippen LogP) is 1.49. The zero-order valence-electron chi connectivity index (χ0n) is 8.20. The Labute approximate surface area is 82.7 Å². The van der Waals surface area contributed by atoms with E-state index < -0.39 is 0 Å². The highest BCUT2D eigenvalue weighted by molar-refractivity contribution is 5.81. The molecule has 3 rings (SSSR count). The lowest BCUT2D eigenvalue weighted by Gasteiger charge is -2.28. The normalized spacial score (nSPS) is 17.2. The molecule has 1 aromatic carbocycles. The van der Waals surface area contributed by atoms with Gasteiger partial charge in [-0.3, -0.25) is 4.68 Å². The van der Waals surface area contributed by atoms with Crippen LogP contribution in [-0.2, 0) is 0 Å². The van der Waals surface area contributed by atoms with E-state index in [1.807, 2.05) is 6.20 Å². The molecule has 2 aromatic rings. The number of benzene rings is 1. The van der Waals surface area contributed by atoms with Crippen molar-refractivity contribution in [2.45, 2.75) is 13.0 Å². The van der Waals surface area contributed by atoms with Crippen LogP contribution in [0.3, 0.4) is 0 Å². The summed E-state index contributed by atoms with van der Waals surface area (Å²) >= 11 is 0. The van der Waals surface area contributed by atoms with Gasteiger partial charge in [-0.15, -0.1) is 0 Å². The minimum Gasteiger partial charge on any atom is -0.312 e. The second-order valence-corrected chi connectivity index (χ2v) is 3.91. The Hall–Kier alpha value is -1.35. The molecule has 1 N–H and O–H groups in total. The Kier molecular flexibility index (Phi) is 1.61. The van der Waals surface area contributed by atoms with Gasteiger partial charge in [-0.2, -0.15) is 5.10 Å². The summed E-state index contributed by atoms with van der Waals surface area (Å²) in [7, 11) is 0. The summed E-state index contributed by atoms with van der Waals surface area (Å²) in [5.41, 5.74) is 2.60. The molecule has 1 fully saturated rings. The van der Waals surface area contributed by atoms with Crippen molar-refractivity contribution in [2.75, 3.05) is 13.1 Å². The first-order chi connectivity index (χ1) is 6.86. The third-order valence-corrected chi connectivity index (χ3v) is 2.93. The maximum Gasteiger partial charge on any atom is 0.0775 e. The van der Waals surface area contributed by atoms with Crippen LogP contribution in [0.1, 0.15) is 11.6 Å². The van der Waals surface area contributed by atoms with Crippen molar-refractivity contribution in [3.05, 3.63) is 30.0 Å². The lowest BCUT2D eigenvalue weighted by Crippen LogP contribution is -2.43. The molecule has 0 bridgehead atoms. The molecule has 0 atom stereocenters. The lowest BCUT2D eigenvalue weighted by atomic mass is 10.1. The lowest BCUT2D eigenvalue weighted by molar-refractivity contribution is 0.326. The summed E-state index contributed by atoms with van der Waals surface area (Å²) < 4.78 is 2.15. The molecule has 0 aliphatic carbocycles. The van der Waals surface area contributed by atoms with E-state index in [1.165, 1.54) is 16.5 Å². The number of rotatable bonds is 1. The molecule has 1 aliphatic rings. The van der Waals surface area contributed by atoms with Gasteiger partial charge in [-0.05, 0) is 12.5 Å². The highest BCUT2D eigenvalue weighted by Gasteiger charge is 2.21. The van der Waals surface area contributed by atoms with E-state index >= 15 is 0 Å². The molecule has 3 heteroatoms. The second-order valence-electron chi connectivity index (χ2n) is 3.91. The summed E-state index contributed by atoms with van der Waals surface area (Å²) in [6.07, 6.45) is 1.96. The van der Waals surface area contributed by atoms with Gasteiger partial charge in [0.15, 0.2) is 0 Å². The zero-order chi connectivity index (χ0) is 9.54. The Morgan fingerprint density at radius 3 is 3.00 bits per heavy atom. The highest BCUT2D eigenvalue weighted by Crippen LogP contribution is 2.22. The topological polar surface area (TPSA) is 29.9 Å². The monoisotopic (exact) mass is 187 g/mol. The first kappa shape index (κ1) is 8.00. The number of fused-ring (bicyclic) bond motifs is 1. The molecule has 0 amide bonds. The molecule has 0 spiro atoms. The summed E-state index contributed by atoms with van der Waals surface area (Å²) in [5, 5.41) is 8.97. The van der Waals surface area contributed by atoms with E-state index in [4.69, 9.17) is 0 Å². The molecule has 0 radical (unpaired) electrons. The van der Waals surface area contributed by atoms with Crippen molar-refractivity contribution in [3.8, 4) is 0 Å². The molecule has 1 aromatic heterocycles. The van der Waals surface area contributed by atoms with Crippen molar-refractivity contribution >= 4 is 10.9 Å². The van der Waals surface area contributed by atoms with Gasteiger partial charge in [0.25, 0.3) is 0 Å². The van der Waals surface area contributed by atoms with Crippen LogP contribution in [0, 0.1) is 6.92 Å². The summed E-state index contributed by atoms with van der Waals surface area (Å²) in [5.74, 6) is 0. The minimum absolute atomic E-state index is 0.550. The third kappa shape index (κ3) is 0.990. The number of para-hydroxylation sites is 1. The summed E-state index contributed by atoms with van der Waals surface area (Å²) in [6, 6.07) is 6.90. The summed E-state index contributed by atoms with van der Waals surface area (Å²) in [6.45, 7) is 4.24. The quantitative estimate of drug-likeness (QED) is 0.733. The number of nitrogens with one attached hydrogen (secondary N) is 1. The van der Waals surface area contributed by atoms with Crippen molar-refractivity contribution in [3.63, 3.8) is 0 Å². The van der Waals surface area contributed by atoms with Crippen molar-refractivity contribution in [2.24, 2.45) is 0 Å². The minimum atomic E-state index is 0.550. The highest BCUT2D eigenvalue weighted by atomic mass is 15.3. The van der Waals surface area contributed by atoms with Gasteiger partial charge in [-0.1, -0.05) is 18.2 Å². The number of aromatic nitrogens is 2. The molecule has 0 saturated carbocycles. The summed E-state index contributed by atoms with van der Waals surface area (Å²) in [4.78, 5) is 0. The van der Waals surface area contributed by atoms with Crippen LogP contribution in [-0.4, -0.2) is 22.9 Å². The standard InChI is InChI=1S/C11H13N3/c1-8-3-2-4-9-5-13-14(11(8)9)10-6-12-7-10/h2-5,10,12H,6-7H2,1H3. The number of hydrogen-bond donors (Lipinski definition) is 1. The predicted molar refractivity (Wildman–Crippen MR) is 56.4 cm³/mol. The first-order valence-corrected chi connectivity index (χ1v) is 5.00. The Bertz CT molecular complexity index is 468. The Balaban J connectivity index is 2.23. The first-order valence-electron chi connectivity index (χ1n) is 5.00. The molecule has 2 heterocycles. The van der Waals surface area contributed by atoms with Crippen molar-refractivity contribution < 1.29 is 0 Å². The largest absolute Gasteiger partial charge is 0.312 e. The number of hydrogen-bond acceptors (Lipinski definition) is 2. The second kappa shape index (κ2) is 2.82. The van der Waals surface area contributed by atoms with Gasteiger partial charge in [0.05, 0.1) is 17.8 Å². The molecule has 0 unspecified atom stereocenters. The van der Waals surface area contributed by atoms with Gasteiger partial charge < -0.3 is 5.32 Å². The fourth-order valence-electron chi connectivity index (χ4n) is 2.00. The van der Waals surface area contributed by atoms with Gasteiger partial charge in [0.2, 0.25) is 0 Å². The average Bonchev–Trinajstić information content (AvgIpc) is 2.47. The van der Waals surface area contributed by atoms with Crippen molar-refractivity contribution in [1.29, 1.82) is 0 Å². The van der Waals surface area contributed by atoms with Crippen LogP contribution in [0.2, 0.25) is 0 Å².